The highest BCUT2D eigenvalue weighted by molar-refractivity contribution is 6.31. The number of ether oxygens (including phenoxy) is 1. The average molecular weight is 448 g/mol. The Morgan fingerprint density at radius 2 is 1.75 bits per heavy atom. The zero-order chi connectivity index (χ0) is 22.4. The summed E-state index contributed by atoms with van der Waals surface area (Å²) in [5, 5.41) is 18.4. The van der Waals surface area contributed by atoms with Crippen molar-refractivity contribution < 1.29 is 4.74 Å². The maximum absolute atomic E-state index is 9.21. The van der Waals surface area contributed by atoms with Crippen molar-refractivity contribution in [1.82, 2.24) is 29.5 Å². The highest BCUT2D eigenvalue weighted by Crippen LogP contribution is 2.33. The summed E-state index contributed by atoms with van der Waals surface area (Å²) in [7, 11) is 0. The Hall–Kier alpha value is -3.54. The molecule has 0 aliphatic carbocycles. The first kappa shape index (κ1) is 21.7. The van der Waals surface area contributed by atoms with E-state index in [4.69, 9.17) is 16.3 Å². The number of halogens is 1. The van der Waals surface area contributed by atoms with Gasteiger partial charge in [-0.1, -0.05) is 35.9 Å². The van der Waals surface area contributed by atoms with Gasteiger partial charge in [-0.05, 0) is 41.8 Å². The quantitative estimate of drug-likeness (QED) is 0.389. The highest BCUT2D eigenvalue weighted by atomic mass is 35.5. The van der Waals surface area contributed by atoms with Crippen LogP contribution in [0.25, 0.3) is 0 Å². The molecule has 2 aromatic carbocycles. The molecule has 0 spiro atoms. The molecule has 8 nitrogen and oxygen atoms in total. The molecule has 0 aliphatic rings. The number of nitriles is 1. The van der Waals surface area contributed by atoms with Gasteiger partial charge in [0.15, 0.2) is 0 Å². The molecule has 9 heteroatoms. The van der Waals surface area contributed by atoms with E-state index in [2.05, 4.69) is 32.3 Å². The van der Waals surface area contributed by atoms with Crippen molar-refractivity contribution in [3.8, 4) is 6.07 Å². The van der Waals surface area contributed by atoms with Gasteiger partial charge < -0.3 is 4.74 Å². The number of aromatic nitrogens is 6. The van der Waals surface area contributed by atoms with Gasteiger partial charge in [-0.3, -0.25) is 0 Å². The molecular formula is C23H22ClN7O. The third-order valence-electron chi connectivity index (χ3n) is 5.24. The summed E-state index contributed by atoms with van der Waals surface area (Å²) in [6.07, 6.45) is 6.92. The van der Waals surface area contributed by atoms with Crippen LogP contribution in [0.4, 0.5) is 0 Å². The first-order valence-corrected chi connectivity index (χ1v) is 10.6. The lowest BCUT2D eigenvalue weighted by Gasteiger charge is -2.34. The predicted octanol–water partition coefficient (Wildman–Crippen LogP) is 3.62. The van der Waals surface area contributed by atoms with Crippen molar-refractivity contribution in [2.75, 3.05) is 6.61 Å². The molecule has 32 heavy (non-hydrogen) atoms. The predicted molar refractivity (Wildman–Crippen MR) is 119 cm³/mol. The topological polar surface area (TPSA) is 94.4 Å². The van der Waals surface area contributed by atoms with Crippen molar-refractivity contribution in [2.45, 2.75) is 32.0 Å². The molecule has 0 fully saturated rings. The Bertz CT molecular complexity index is 1180. The van der Waals surface area contributed by atoms with Crippen LogP contribution in [0.1, 0.15) is 29.2 Å². The van der Waals surface area contributed by atoms with Gasteiger partial charge in [-0.15, -0.1) is 0 Å². The van der Waals surface area contributed by atoms with Crippen molar-refractivity contribution in [3.05, 3.63) is 95.1 Å². The number of benzene rings is 2. The molecule has 0 bridgehead atoms. The van der Waals surface area contributed by atoms with Crippen LogP contribution in [0.2, 0.25) is 5.02 Å². The van der Waals surface area contributed by atoms with Gasteiger partial charge in [0.2, 0.25) is 0 Å². The van der Waals surface area contributed by atoms with E-state index in [1.165, 1.54) is 12.7 Å². The van der Waals surface area contributed by atoms with Crippen molar-refractivity contribution in [1.29, 1.82) is 5.26 Å². The standard InChI is InChI=1S/C23H22ClN7O/c1-2-32-23(13-31-17-27-15-29-31,21-6-3-18(11-25)4-7-21)10-19-5-8-22(24)20(9-19)12-30-16-26-14-28-30/h3-9,14-17H,2,10,12-13H2,1H3. The Morgan fingerprint density at radius 3 is 2.38 bits per heavy atom. The fourth-order valence-corrected chi connectivity index (χ4v) is 3.99. The molecule has 0 saturated heterocycles. The van der Waals surface area contributed by atoms with Crippen LogP contribution in [0, 0.1) is 11.3 Å². The largest absolute Gasteiger partial charge is 0.368 e. The summed E-state index contributed by atoms with van der Waals surface area (Å²) in [6.45, 7) is 3.47. The Kier molecular flexibility index (Phi) is 6.59. The van der Waals surface area contributed by atoms with Crippen LogP contribution in [0.3, 0.4) is 0 Å². The molecule has 2 heterocycles. The van der Waals surface area contributed by atoms with Gasteiger partial charge in [0.1, 0.15) is 30.9 Å². The maximum atomic E-state index is 9.21. The number of hydrogen-bond acceptors (Lipinski definition) is 6. The average Bonchev–Trinajstić information content (AvgIpc) is 3.51. The second kappa shape index (κ2) is 9.73. The molecule has 1 unspecified atom stereocenters. The minimum Gasteiger partial charge on any atom is -0.368 e. The van der Waals surface area contributed by atoms with Crippen LogP contribution >= 0.6 is 11.6 Å². The van der Waals surface area contributed by atoms with Gasteiger partial charge in [-0.25, -0.2) is 19.3 Å². The fraction of sp³-hybridized carbons (Fsp3) is 0.261. The van der Waals surface area contributed by atoms with Crippen LogP contribution in [-0.2, 0) is 29.8 Å². The molecule has 0 N–H and O–H groups in total. The molecular weight excluding hydrogens is 426 g/mol. The minimum atomic E-state index is -0.714. The Morgan fingerprint density at radius 1 is 1.03 bits per heavy atom. The van der Waals surface area contributed by atoms with Gasteiger partial charge in [0, 0.05) is 18.1 Å². The summed E-state index contributed by atoms with van der Waals surface area (Å²) in [6, 6.07) is 15.6. The van der Waals surface area contributed by atoms with E-state index in [9.17, 15) is 5.26 Å². The number of rotatable bonds is 9. The molecule has 4 rings (SSSR count). The van der Waals surface area contributed by atoms with Crippen LogP contribution in [-0.4, -0.2) is 36.1 Å². The van der Waals surface area contributed by atoms with Crippen LogP contribution in [0.15, 0.2) is 67.8 Å². The van der Waals surface area contributed by atoms with E-state index in [1.807, 2.05) is 43.3 Å². The lowest BCUT2D eigenvalue weighted by Crippen LogP contribution is -2.37. The van der Waals surface area contributed by atoms with Crippen molar-refractivity contribution >= 4 is 11.6 Å². The summed E-state index contributed by atoms with van der Waals surface area (Å²) in [4.78, 5) is 8.08. The van der Waals surface area contributed by atoms with E-state index < -0.39 is 5.60 Å². The van der Waals surface area contributed by atoms with E-state index in [0.717, 1.165) is 16.7 Å². The Balaban J connectivity index is 1.73. The van der Waals surface area contributed by atoms with Gasteiger partial charge >= 0.3 is 0 Å². The second-order valence-electron chi connectivity index (χ2n) is 7.41. The minimum absolute atomic E-state index is 0.466. The van der Waals surface area contributed by atoms with E-state index >= 15 is 0 Å². The molecule has 4 aromatic rings. The van der Waals surface area contributed by atoms with Crippen molar-refractivity contribution in [2.24, 2.45) is 0 Å². The lowest BCUT2D eigenvalue weighted by molar-refractivity contribution is -0.0594. The number of nitrogens with zero attached hydrogens (tertiary/aromatic N) is 7. The van der Waals surface area contributed by atoms with E-state index in [1.54, 1.807) is 22.0 Å². The van der Waals surface area contributed by atoms with Crippen molar-refractivity contribution in [3.63, 3.8) is 0 Å². The fourth-order valence-electron chi connectivity index (χ4n) is 3.81. The van der Waals surface area contributed by atoms with Gasteiger partial charge in [0.05, 0.1) is 24.7 Å². The molecule has 2 aromatic heterocycles. The van der Waals surface area contributed by atoms with Crippen LogP contribution in [0.5, 0.6) is 0 Å². The molecule has 0 amide bonds. The van der Waals surface area contributed by atoms with E-state index in [-0.39, 0.29) is 0 Å². The molecule has 1 atom stereocenters. The normalized spacial score (nSPS) is 12.9. The smallest absolute Gasteiger partial charge is 0.137 e. The molecule has 0 aliphatic heterocycles. The molecule has 0 radical (unpaired) electrons. The lowest BCUT2D eigenvalue weighted by atomic mass is 9.85. The van der Waals surface area contributed by atoms with Gasteiger partial charge in [-0.2, -0.15) is 15.5 Å². The van der Waals surface area contributed by atoms with E-state index in [0.29, 0.717) is 36.7 Å². The van der Waals surface area contributed by atoms with Gasteiger partial charge in [0.25, 0.3) is 0 Å². The zero-order valence-corrected chi connectivity index (χ0v) is 18.4. The molecule has 0 saturated carbocycles. The zero-order valence-electron chi connectivity index (χ0n) is 17.6. The summed E-state index contributed by atoms with van der Waals surface area (Å²) < 4.78 is 9.91. The summed E-state index contributed by atoms with van der Waals surface area (Å²) >= 11 is 6.47. The second-order valence-corrected chi connectivity index (χ2v) is 7.81. The third-order valence-corrected chi connectivity index (χ3v) is 5.61. The monoisotopic (exact) mass is 447 g/mol. The summed E-state index contributed by atoms with van der Waals surface area (Å²) in [5.41, 5.74) is 2.85. The van der Waals surface area contributed by atoms with Crippen LogP contribution < -0.4 is 0 Å². The SMILES string of the molecule is CCOC(Cc1ccc(Cl)c(Cn2cncn2)c1)(Cn1cncn1)c1ccc(C#N)cc1. The first-order valence-electron chi connectivity index (χ1n) is 10.2. The molecule has 162 valence electrons. The Labute approximate surface area is 191 Å². The summed E-state index contributed by atoms with van der Waals surface area (Å²) in [5.74, 6) is 0. The first-order chi connectivity index (χ1) is 15.6. The maximum Gasteiger partial charge on any atom is 0.137 e. The number of hydrogen-bond donors (Lipinski definition) is 0. The highest BCUT2D eigenvalue weighted by Gasteiger charge is 2.34. The third kappa shape index (κ3) is 4.85.